The molecule has 0 aromatic carbocycles. The van der Waals surface area contributed by atoms with Crippen LogP contribution in [0.1, 0.15) is 32.0 Å². The van der Waals surface area contributed by atoms with Gasteiger partial charge in [0, 0.05) is 19.2 Å². The standard InChI is InChI=1S/C13H22N4O/c1-3-6-14-12-7-13(17-9(2)16-12)15-8-11(18)10-4-5-10/h7,10-11,18H,3-6,8H2,1-2H3,(H2,14,15,16,17). The Morgan fingerprint density at radius 2 is 2.00 bits per heavy atom. The third-order valence-electron chi connectivity index (χ3n) is 3.05. The highest BCUT2D eigenvalue weighted by molar-refractivity contribution is 5.47. The number of nitrogens with zero attached hydrogens (tertiary/aromatic N) is 2. The van der Waals surface area contributed by atoms with Crippen molar-refractivity contribution in [2.24, 2.45) is 5.92 Å². The number of aliphatic hydroxyl groups is 1. The monoisotopic (exact) mass is 250 g/mol. The van der Waals surface area contributed by atoms with Crippen molar-refractivity contribution in [2.75, 3.05) is 23.7 Å². The summed E-state index contributed by atoms with van der Waals surface area (Å²) in [6, 6.07) is 1.89. The van der Waals surface area contributed by atoms with Crippen LogP contribution in [0.3, 0.4) is 0 Å². The Kier molecular flexibility index (Phi) is 4.36. The molecule has 5 nitrogen and oxygen atoms in total. The van der Waals surface area contributed by atoms with Crippen LogP contribution in [0.25, 0.3) is 0 Å². The fourth-order valence-corrected chi connectivity index (χ4v) is 1.86. The Balaban J connectivity index is 1.91. The summed E-state index contributed by atoms with van der Waals surface area (Å²) in [5, 5.41) is 16.2. The van der Waals surface area contributed by atoms with E-state index in [1.165, 1.54) is 0 Å². The molecule has 1 aromatic rings. The topological polar surface area (TPSA) is 70.1 Å². The lowest BCUT2D eigenvalue weighted by molar-refractivity contribution is 0.164. The van der Waals surface area contributed by atoms with Crippen LogP contribution < -0.4 is 10.6 Å². The van der Waals surface area contributed by atoms with Gasteiger partial charge in [-0.1, -0.05) is 6.92 Å². The molecule has 1 aliphatic rings. The van der Waals surface area contributed by atoms with E-state index < -0.39 is 0 Å². The molecule has 1 aromatic heterocycles. The summed E-state index contributed by atoms with van der Waals surface area (Å²) < 4.78 is 0. The summed E-state index contributed by atoms with van der Waals surface area (Å²) in [6.07, 6.45) is 3.10. The highest BCUT2D eigenvalue weighted by atomic mass is 16.3. The van der Waals surface area contributed by atoms with Crippen LogP contribution in [0, 0.1) is 12.8 Å². The maximum atomic E-state index is 9.81. The van der Waals surface area contributed by atoms with Crippen molar-refractivity contribution in [3.8, 4) is 0 Å². The van der Waals surface area contributed by atoms with Crippen molar-refractivity contribution < 1.29 is 5.11 Å². The van der Waals surface area contributed by atoms with Crippen LogP contribution in [-0.4, -0.2) is 34.3 Å². The van der Waals surface area contributed by atoms with Gasteiger partial charge in [-0.25, -0.2) is 9.97 Å². The number of rotatable bonds is 7. The van der Waals surface area contributed by atoms with Gasteiger partial charge in [0.15, 0.2) is 0 Å². The van der Waals surface area contributed by atoms with E-state index in [2.05, 4.69) is 27.5 Å². The first-order valence-corrected chi connectivity index (χ1v) is 6.70. The van der Waals surface area contributed by atoms with Crippen LogP contribution in [0.15, 0.2) is 6.07 Å². The highest BCUT2D eigenvalue weighted by Crippen LogP contribution is 2.32. The molecule has 5 heteroatoms. The van der Waals surface area contributed by atoms with E-state index in [9.17, 15) is 5.11 Å². The second kappa shape index (κ2) is 6.00. The van der Waals surface area contributed by atoms with Gasteiger partial charge >= 0.3 is 0 Å². The first-order chi connectivity index (χ1) is 8.69. The largest absolute Gasteiger partial charge is 0.391 e. The first-order valence-electron chi connectivity index (χ1n) is 6.70. The van der Waals surface area contributed by atoms with Crippen molar-refractivity contribution in [1.29, 1.82) is 0 Å². The van der Waals surface area contributed by atoms with Crippen molar-refractivity contribution in [2.45, 2.75) is 39.2 Å². The quantitative estimate of drug-likeness (QED) is 0.688. The highest BCUT2D eigenvalue weighted by Gasteiger charge is 2.29. The van der Waals surface area contributed by atoms with Crippen LogP contribution >= 0.6 is 0 Å². The lowest BCUT2D eigenvalue weighted by Gasteiger charge is -2.12. The van der Waals surface area contributed by atoms with E-state index in [0.717, 1.165) is 43.3 Å². The number of aryl methyl sites for hydroxylation is 1. The number of anilines is 2. The summed E-state index contributed by atoms with van der Waals surface area (Å²) in [5.41, 5.74) is 0. The van der Waals surface area contributed by atoms with E-state index in [1.807, 2.05) is 13.0 Å². The molecule has 0 aliphatic heterocycles. The Morgan fingerprint density at radius 3 is 2.61 bits per heavy atom. The summed E-state index contributed by atoms with van der Waals surface area (Å²) in [5.74, 6) is 2.84. The van der Waals surface area contributed by atoms with Crippen molar-refractivity contribution in [3.05, 3.63) is 11.9 Å². The van der Waals surface area contributed by atoms with Gasteiger partial charge in [0.1, 0.15) is 17.5 Å². The van der Waals surface area contributed by atoms with Crippen molar-refractivity contribution in [3.63, 3.8) is 0 Å². The Labute approximate surface area is 108 Å². The number of hydrogen-bond donors (Lipinski definition) is 3. The Morgan fingerprint density at radius 1 is 1.33 bits per heavy atom. The van der Waals surface area contributed by atoms with Gasteiger partial charge in [-0.3, -0.25) is 0 Å². The van der Waals surface area contributed by atoms with Crippen molar-refractivity contribution in [1.82, 2.24) is 9.97 Å². The zero-order chi connectivity index (χ0) is 13.0. The van der Waals surface area contributed by atoms with Crippen LogP contribution in [0.5, 0.6) is 0 Å². The van der Waals surface area contributed by atoms with E-state index in [4.69, 9.17) is 0 Å². The molecular formula is C13H22N4O. The van der Waals surface area contributed by atoms with Gasteiger partial charge in [0.25, 0.3) is 0 Å². The van der Waals surface area contributed by atoms with Crippen molar-refractivity contribution >= 4 is 11.6 Å². The minimum Gasteiger partial charge on any atom is -0.391 e. The average Bonchev–Trinajstić information content (AvgIpc) is 3.17. The number of nitrogens with one attached hydrogen (secondary N) is 2. The molecule has 1 heterocycles. The van der Waals surface area contributed by atoms with Gasteiger partial charge < -0.3 is 15.7 Å². The maximum absolute atomic E-state index is 9.81. The second-order valence-electron chi connectivity index (χ2n) is 4.90. The predicted molar refractivity (Wildman–Crippen MR) is 72.8 cm³/mol. The SMILES string of the molecule is CCCNc1cc(NCC(O)C2CC2)nc(C)n1. The smallest absolute Gasteiger partial charge is 0.131 e. The number of aliphatic hydroxyl groups excluding tert-OH is 1. The third kappa shape index (κ3) is 3.84. The summed E-state index contributed by atoms with van der Waals surface area (Å²) >= 11 is 0. The van der Waals surface area contributed by atoms with Gasteiger partial charge in [-0.05, 0) is 32.1 Å². The Hall–Kier alpha value is -1.36. The minimum absolute atomic E-state index is 0.257. The predicted octanol–water partition coefficient (Wildman–Crippen LogP) is 1.79. The third-order valence-corrected chi connectivity index (χ3v) is 3.05. The second-order valence-corrected chi connectivity index (χ2v) is 4.90. The summed E-state index contributed by atoms with van der Waals surface area (Å²) in [6.45, 7) is 5.46. The molecule has 18 heavy (non-hydrogen) atoms. The molecule has 0 bridgehead atoms. The van der Waals surface area contributed by atoms with E-state index >= 15 is 0 Å². The number of hydrogen-bond acceptors (Lipinski definition) is 5. The normalized spacial score (nSPS) is 16.4. The van der Waals surface area contributed by atoms with Crippen LogP contribution in [0.4, 0.5) is 11.6 Å². The zero-order valence-corrected chi connectivity index (χ0v) is 11.1. The average molecular weight is 250 g/mol. The van der Waals surface area contributed by atoms with Crippen LogP contribution in [0.2, 0.25) is 0 Å². The molecule has 1 aliphatic carbocycles. The summed E-state index contributed by atoms with van der Waals surface area (Å²) in [4.78, 5) is 8.64. The Bertz CT molecular complexity index is 393. The fraction of sp³-hybridized carbons (Fsp3) is 0.692. The molecule has 1 saturated carbocycles. The molecule has 0 radical (unpaired) electrons. The molecule has 1 unspecified atom stereocenters. The van der Waals surface area contributed by atoms with Gasteiger partial charge in [-0.15, -0.1) is 0 Å². The lowest BCUT2D eigenvalue weighted by atomic mass is 10.2. The molecule has 2 rings (SSSR count). The molecule has 0 spiro atoms. The zero-order valence-electron chi connectivity index (χ0n) is 11.1. The maximum Gasteiger partial charge on any atom is 0.131 e. The summed E-state index contributed by atoms with van der Waals surface area (Å²) in [7, 11) is 0. The molecule has 0 amide bonds. The van der Waals surface area contributed by atoms with E-state index in [1.54, 1.807) is 0 Å². The minimum atomic E-state index is -0.257. The molecular weight excluding hydrogens is 228 g/mol. The van der Waals surface area contributed by atoms with Gasteiger partial charge in [0.05, 0.1) is 6.10 Å². The van der Waals surface area contributed by atoms with E-state index in [-0.39, 0.29) is 6.10 Å². The van der Waals surface area contributed by atoms with E-state index in [0.29, 0.717) is 12.5 Å². The molecule has 1 atom stereocenters. The van der Waals surface area contributed by atoms with Crippen LogP contribution in [-0.2, 0) is 0 Å². The first kappa shape index (κ1) is 13.1. The molecule has 1 fully saturated rings. The van der Waals surface area contributed by atoms with Gasteiger partial charge in [0.2, 0.25) is 0 Å². The lowest BCUT2D eigenvalue weighted by Crippen LogP contribution is -2.22. The molecule has 100 valence electrons. The fourth-order valence-electron chi connectivity index (χ4n) is 1.86. The number of aromatic nitrogens is 2. The van der Waals surface area contributed by atoms with Gasteiger partial charge in [-0.2, -0.15) is 0 Å². The molecule has 3 N–H and O–H groups in total. The molecule has 0 saturated heterocycles.